The summed E-state index contributed by atoms with van der Waals surface area (Å²) in [4.78, 5) is 37.8. The maximum atomic E-state index is 13.2. The lowest BCUT2D eigenvalue weighted by molar-refractivity contribution is -0.132. The first-order valence-corrected chi connectivity index (χ1v) is 11.8. The Morgan fingerprint density at radius 3 is 2.18 bits per heavy atom. The summed E-state index contributed by atoms with van der Waals surface area (Å²) in [7, 11) is 0. The lowest BCUT2D eigenvalue weighted by Crippen LogP contribution is -2.73. The topological polar surface area (TPSA) is 152 Å². The normalized spacial score (nSPS) is 17.2. The zero-order chi connectivity index (χ0) is 25.3. The number of carbonyl (C=O) groups is 3. The third kappa shape index (κ3) is 8.92. The van der Waals surface area contributed by atoms with Crippen LogP contribution < -0.4 is 26.6 Å². The van der Waals surface area contributed by atoms with Gasteiger partial charge < -0.3 is 36.8 Å². The van der Waals surface area contributed by atoms with Crippen molar-refractivity contribution in [1.29, 1.82) is 0 Å². The number of aliphatic hydroxyl groups is 1. The third-order valence-corrected chi connectivity index (χ3v) is 5.71. The number of nitrogens with one attached hydrogen (secondary N) is 5. The van der Waals surface area contributed by atoms with E-state index in [1.54, 1.807) is 19.1 Å². The number of aliphatic hydroxyl groups excluding tert-OH is 1. The Morgan fingerprint density at radius 1 is 1.03 bits per heavy atom. The zero-order valence-corrected chi connectivity index (χ0v) is 20.5. The van der Waals surface area contributed by atoms with Crippen molar-refractivity contribution in [2.75, 3.05) is 26.2 Å². The van der Waals surface area contributed by atoms with Gasteiger partial charge in [0.2, 0.25) is 17.7 Å². The molecule has 34 heavy (non-hydrogen) atoms. The standard InChI is InChI=1S/C24H39N5O5/c1-15(2)9-20(28-17(4)31)23(34)29-21(10-18-5-7-19(32)8-6-18)22(33)26-14-24(12-25-13-24)27-11-16(3)30/h5-8,15-16,20-21,25,27,30,32H,9-14H2,1-4H3,(H,26,33)(H,28,31)(H,29,34)/t16-,20+,21+/m1/s1. The molecule has 0 saturated carbocycles. The summed E-state index contributed by atoms with van der Waals surface area (Å²) in [6, 6.07) is 4.83. The molecule has 1 aliphatic rings. The number of rotatable bonds is 13. The molecular formula is C24H39N5O5. The fraction of sp³-hybridized carbons (Fsp3) is 0.625. The molecule has 0 aromatic heterocycles. The van der Waals surface area contributed by atoms with Gasteiger partial charge in [0.1, 0.15) is 17.8 Å². The number of hydrogen-bond acceptors (Lipinski definition) is 7. The molecule has 1 saturated heterocycles. The highest BCUT2D eigenvalue weighted by molar-refractivity contribution is 5.92. The van der Waals surface area contributed by atoms with Crippen LogP contribution in [-0.4, -0.2) is 77.8 Å². The Bertz CT molecular complexity index is 824. The minimum absolute atomic E-state index is 0.111. The fourth-order valence-corrected chi connectivity index (χ4v) is 3.78. The van der Waals surface area contributed by atoms with E-state index in [1.165, 1.54) is 19.1 Å². The van der Waals surface area contributed by atoms with Crippen LogP contribution in [0.2, 0.25) is 0 Å². The molecule has 1 aromatic carbocycles. The minimum atomic E-state index is -0.873. The lowest BCUT2D eigenvalue weighted by Gasteiger charge is -2.44. The molecule has 2 rings (SSSR count). The smallest absolute Gasteiger partial charge is 0.243 e. The van der Waals surface area contributed by atoms with Gasteiger partial charge in [-0.1, -0.05) is 26.0 Å². The number of amides is 3. The average Bonchev–Trinajstić information content (AvgIpc) is 2.72. The van der Waals surface area contributed by atoms with Crippen molar-refractivity contribution in [2.24, 2.45) is 5.92 Å². The molecule has 1 aromatic rings. The van der Waals surface area contributed by atoms with Crippen LogP contribution in [0.25, 0.3) is 0 Å². The van der Waals surface area contributed by atoms with Crippen molar-refractivity contribution in [3.63, 3.8) is 0 Å². The van der Waals surface area contributed by atoms with E-state index >= 15 is 0 Å². The van der Waals surface area contributed by atoms with E-state index in [0.717, 1.165) is 5.56 Å². The van der Waals surface area contributed by atoms with Crippen LogP contribution in [-0.2, 0) is 20.8 Å². The van der Waals surface area contributed by atoms with E-state index in [2.05, 4.69) is 26.6 Å². The maximum absolute atomic E-state index is 13.2. The van der Waals surface area contributed by atoms with Gasteiger partial charge in [-0.05, 0) is 37.0 Å². The van der Waals surface area contributed by atoms with Crippen molar-refractivity contribution in [1.82, 2.24) is 26.6 Å². The highest BCUT2D eigenvalue weighted by atomic mass is 16.3. The van der Waals surface area contributed by atoms with Crippen LogP contribution in [0.4, 0.5) is 0 Å². The lowest BCUT2D eigenvalue weighted by atomic mass is 9.91. The summed E-state index contributed by atoms with van der Waals surface area (Å²) in [5.41, 5.74) is 0.404. The molecule has 0 unspecified atom stereocenters. The van der Waals surface area contributed by atoms with Gasteiger partial charge in [-0.2, -0.15) is 0 Å². The first-order valence-electron chi connectivity index (χ1n) is 11.8. The summed E-state index contributed by atoms with van der Waals surface area (Å²) in [6.45, 7) is 8.98. The van der Waals surface area contributed by atoms with Crippen molar-refractivity contribution in [3.8, 4) is 5.75 Å². The van der Waals surface area contributed by atoms with Gasteiger partial charge >= 0.3 is 0 Å². The van der Waals surface area contributed by atoms with Crippen LogP contribution >= 0.6 is 0 Å². The largest absolute Gasteiger partial charge is 0.508 e. The van der Waals surface area contributed by atoms with Crippen molar-refractivity contribution >= 4 is 17.7 Å². The molecule has 7 N–H and O–H groups in total. The van der Waals surface area contributed by atoms with Crippen molar-refractivity contribution < 1.29 is 24.6 Å². The van der Waals surface area contributed by atoms with Crippen LogP contribution in [0, 0.1) is 5.92 Å². The number of phenolic OH excluding ortho intramolecular Hbond substituents is 1. The van der Waals surface area contributed by atoms with E-state index < -0.39 is 24.1 Å². The molecule has 1 fully saturated rings. The Morgan fingerprint density at radius 2 is 1.68 bits per heavy atom. The molecule has 0 aliphatic carbocycles. The van der Waals surface area contributed by atoms with Crippen molar-refractivity contribution in [3.05, 3.63) is 29.8 Å². The molecule has 0 radical (unpaired) electrons. The quantitative estimate of drug-likeness (QED) is 0.200. The molecule has 3 amide bonds. The van der Waals surface area contributed by atoms with Gasteiger partial charge in [0.05, 0.1) is 11.6 Å². The van der Waals surface area contributed by atoms with E-state index in [1.807, 2.05) is 13.8 Å². The zero-order valence-electron chi connectivity index (χ0n) is 20.5. The second-order valence-electron chi connectivity index (χ2n) is 9.65. The Balaban J connectivity index is 2.12. The third-order valence-electron chi connectivity index (χ3n) is 5.71. The minimum Gasteiger partial charge on any atom is -0.508 e. The molecular weight excluding hydrogens is 438 g/mol. The highest BCUT2D eigenvalue weighted by Crippen LogP contribution is 2.14. The average molecular weight is 478 g/mol. The van der Waals surface area contributed by atoms with E-state index in [4.69, 9.17) is 0 Å². The van der Waals surface area contributed by atoms with Gasteiger partial charge in [-0.3, -0.25) is 14.4 Å². The SMILES string of the molecule is CC(=O)N[C@@H](CC(C)C)C(=O)N[C@@H](Cc1ccc(O)cc1)C(=O)NCC1(NC[C@@H](C)O)CNC1. The van der Waals surface area contributed by atoms with E-state index in [-0.39, 0.29) is 35.4 Å². The Hall–Kier alpha value is -2.69. The van der Waals surface area contributed by atoms with Gasteiger partial charge in [0.25, 0.3) is 0 Å². The molecule has 0 spiro atoms. The number of phenols is 1. The molecule has 0 bridgehead atoms. The maximum Gasteiger partial charge on any atom is 0.243 e. The first kappa shape index (κ1) is 27.6. The van der Waals surface area contributed by atoms with Gasteiger partial charge in [-0.15, -0.1) is 0 Å². The monoisotopic (exact) mass is 477 g/mol. The summed E-state index contributed by atoms with van der Waals surface area (Å²) in [6.07, 6.45) is 0.150. The van der Waals surface area contributed by atoms with E-state index in [9.17, 15) is 24.6 Å². The molecule has 3 atom stereocenters. The summed E-state index contributed by atoms with van der Waals surface area (Å²) in [5, 5.41) is 34.0. The molecule has 10 heteroatoms. The number of β-amino-alcohol motifs (C(OH)–C–C–N with tert-alkyl or cyclic N) is 1. The fourth-order valence-electron chi connectivity index (χ4n) is 3.78. The number of benzene rings is 1. The van der Waals surface area contributed by atoms with Crippen LogP contribution in [0.15, 0.2) is 24.3 Å². The Kier molecular flexibility index (Phi) is 10.3. The number of hydrogen-bond donors (Lipinski definition) is 7. The second-order valence-corrected chi connectivity index (χ2v) is 9.65. The summed E-state index contributed by atoms with van der Waals surface area (Å²) < 4.78 is 0. The van der Waals surface area contributed by atoms with Crippen LogP contribution in [0.3, 0.4) is 0 Å². The number of aromatic hydroxyl groups is 1. The van der Waals surface area contributed by atoms with Crippen LogP contribution in [0.5, 0.6) is 5.75 Å². The second kappa shape index (κ2) is 12.7. The Labute approximate surface area is 201 Å². The number of carbonyl (C=O) groups excluding carboxylic acids is 3. The highest BCUT2D eigenvalue weighted by Gasteiger charge is 2.37. The first-order chi connectivity index (χ1) is 16.0. The van der Waals surface area contributed by atoms with Crippen molar-refractivity contribution in [2.45, 2.75) is 64.3 Å². The molecule has 190 valence electrons. The van der Waals surface area contributed by atoms with Gasteiger partial charge in [-0.25, -0.2) is 0 Å². The summed E-state index contributed by atoms with van der Waals surface area (Å²) in [5.74, 6) is -0.810. The summed E-state index contributed by atoms with van der Waals surface area (Å²) >= 11 is 0. The molecule has 1 heterocycles. The predicted octanol–water partition coefficient (Wildman–Crippen LogP) is -0.601. The predicted molar refractivity (Wildman–Crippen MR) is 129 cm³/mol. The van der Waals surface area contributed by atoms with Gasteiger partial charge in [0.15, 0.2) is 0 Å². The molecule has 10 nitrogen and oxygen atoms in total. The van der Waals surface area contributed by atoms with E-state index in [0.29, 0.717) is 32.6 Å². The van der Waals surface area contributed by atoms with Gasteiger partial charge in [0, 0.05) is 39.5 Å². The molecule has 1 aliphatic heterocycles. The van der Waals surface area contributed by atoms with Crippen LogP contribution in [0.1, 0.15) is 39.7 Å².